The maximum absolute atomic E-state index is 9.83. The number of benzene rings is 1. The molecule has 0 spiro atoms. The summed E-state index contributed by atoms with van der Waals surface area (Å²) in [5, 5.41) is 13.1. The van der Waals surface area contributed by atoms with Gasteiger partial charge in [-0.15, -0.1) is 0 Å². The highest BCUT2D eigenvalue weighted by Crippen LogP contribution is 2.20. The van der Waals surface area contributed by atoms with Crippen molar-refractivity contribution in [3.05, 3.63) is 24.3 Å². The number of anilines is 1. The van der Waals surface area contributed by atoms with E-state index in [1.165, 1.54) is 0 Å². The summed E-state index contributed by atoms with van der Waals surface area (Å²) in [5.74, 6) is 0.843. The minimum absolute atomic E-state index is 0.0237. The average Bonchev–Trinajstić information content (AvgIpc) is 2.17. The molecule has 0 bridgehead atoms. The van der Waals surface area contributed by atoms with Crippen LogP contribution in [0.5, 0.6) is 5.75 Å². The monoisotopic (exact) mass is 223 g/mol. The van der Waals surface area contributed by atoms with E-state index < -0.39 is 5.60 Å². The highest BCUT2D eigenvalue weighted by atomic mass is 16.5. The van der Waals surface area contributed by atoms with E-state index in [-0.39, 0.29) is 6.04 Å². The predicted molar refractivity (Wildman–Crippen MR) is 67.0 cm³/mol. The first kappa shape index (κ1) is 12.8. The zero-order chi connectivity index (χ0) is 12.2. The van der Waals surface area contributed by atoms with Crippen molar-refractivity contribution in [2.45, 2.75) is 39.3 Å². The Morgan fingerprint density at radius 2 is 2.12 bits per heavy atom. The van der Waals surface area contributed by atoms with Gasteiger partial charge in [0.25, 0.3) is 0 Å². The van der Waals surface area contributed by atoms with E-state index in [2.05, 4.69) is 5.32 Å². The fourth-order valence-electron chi connectivity index (χ4n) is 1.27. The van der Waals surface area contributed by atoms with Crippen molar-refractivity contribution < 1.29 is 9.84 Å². The molecule has 2 N–H and O–H groups in total. The van der Waals surface area contributed by atoms with E-state index in [9.17, 15) is 5.11 Å². The number of nitrogens with one attached hydrogen (secondary N) is 1. The van der Waals surface area contributed by atoms with Gasteiger partial charge in [0.2, 0.25) is 0 Å². The Bertz CT molecular complexity index is 331. The van der Waals surface area contributed by atoms with E-state index in [1.54, 1.807) is 13.8 Å². The third-order valence-corrected chi connectivity index (χ3v) is 2.59. The number of rotatable bonds is 5. The molecule has 16 heavy (non-hydrogen) atoms. The molecule has 1 rings (SSSR count). The van der Waals surface area contributed by atoms with Crippen LogP contribution in [0.25, 0.3) is 0 Å². The number of ether oxygens (including phenoxy) is 1. The van der Waals surface area contributed by atoms with Gasteiger partial charge < -0.3 is 15.2 Å². The maximum Gasteiger partial charge on any atom is 0.121 e. The van der Waals surface area contributed by atoms with Crippen LogP contribution in [-0.2, 0) is 0 Å². The van der Waals surface area contributed by atoms with Gasteiger partial charge in [-0.05, 0) is 39.8 Å². The summed E-state index contributed by atoms with van der Waals surface area (Å²) < 4.78 is 5.41. The first-order valence-corrected chi connectivity index (χ1v) is 5.65. The molecule has 1 aromatic carbocycles. The Labute approximate surface area is 97.4 Å². The first-order valence-electron chi connectivity index (χ1n) is 5.65. The minimum atomic E-state index is -0.748. The summed E-state index contributed by atoms with van der Waals surface area (Å²) in [6, 6.07) is 7.73. The van der Waals surface area contributed by atoms with Crippen LogP contribution in [0.1, 0.15) is 27.7 Å². The molecule has 0 fully saturated rings. The molecule has 0 aliphatic heterocycles. The van der Waals surface area contributed by atoms with Crippen molar-refractivity contribution in [1.29, 1.82) is 0 Å². The molecule has 0 aliphatic rings. The third-order valence-electron chi connectivity index (χ3n) is 2.59. The van der Waals surface area contributed by atoms with Gasteiger partial charge in [0.15, 0.2) is 0 Å². The summed E-state index contributed by atoms with van der Waals surface area (Å²) >= 11 is 0. The third kappa shape index (κ3) is 3.74. The number of hydrogen-bond acceptors (Lipinski definition) is 3. The topological polar surface area (TPSA) is 41.5 Å². The van der Waals surface area contributed by atoms with Gasteiger partial charge in [0, 0.05) is 11.8 Å². The van der Waals surface area contributed by atoms with Crippen molar-refractivity contribution in [3.8, 4) is 5.75 Å². The van der Waals surface area contributed by atoms with Crippen LogP contribution in [0.15, 0.2) is 24.3 Å². The van der Waals surface area contributed by atoms with Crippen LogP contribution >= 0.6 is 0 Å². The molecule has 0 saturated carbocycles. The number of hydrogen-bond donors (Lipinski definition) is 2. The Kier molecular flexibility index (Phi) is 4.19. The summed E-state index contributed by atoms with van der Waals surface area (Å²) in [6.07, 6.45) is 0. The molecule has 3 nitrogen and oxygen atoms in total. The van der Waals surface area contributed by atoms with Crippen LogP contribution in [0.2, 0.25) is 0 Å². The lowest BCUT2D eigenvalue weighted by Crippen LogP contribution is -2.39. The van der Waals surface area contributed by atoms with Crippen LogP contribution < -0.4 is 10.1 Å². The standard InChI is InChI=1S/C13H21NO2/c1-5-16-12-8-6-7-11(9-12)14-10(2)13(3,4)15/h6-10,14-15H,5H2,1-4H3. The van der Waals surface area contributed by atoms with Gasteiger partial charge in [-0.3, -0.25) is 0 Å². The lowest BCUT2D eigenvalue weighted by atomic mass is 10.0. The van der Waals surface area contributed by atoms with Crippen molar-refractivity contribution >= 4 is 5.69 Å². The lowest BCUT2D eigenvalue weighted by molar-refractivity contribution is 0.0649. The van der Waals surface area contributed by atoms with Gasteiger partial charge in [-0.25, -0.2) is 0 Å². The van der Waals surface area contributed by atoms with Gasteiger partial charge in [-0.2, -0.15) is 0 Å². The van der Waals surface area contributed by atoms with Crippen LogP contribution in [0.3, 0.4) is 0 Å². The summed E-state index contributed by atoms with van der Waals surface area (Å²) in [5.41, 5.74) is 0.210. The predicted octanol–water partition coefficient (Wildman–Crippen LogP) is 2.66. The smallest absolute Gasteiger partial charge is 0.121 e. The molecule has 0 aromatic heterocycles. The fourth-order valence-corrected chi connectivity index (χ4v) is 1.27. The van der Waals surface area contributed by atoms with Crippen LogP contribution in [-0.4, -0.2) is 23.4 Å². The fraction of sp³-hybridized carbons (Fsp3) is 0.538. The average molecular weight is 223 g/mol. The van der Waals surface area contributed by atoms with Gasteiger partial charge >= 0.3 is 0 Å². The molecule has 1 atom stereocenters. The molecule has 0 amide bonds. The number of aliphatic hydroxyl groups is 1. The van der Waals surface area contributed by atoms with E-state index in [0.29, 0.717) is 6.61 Å². The molecule has 1 unspecified atom stereocenters. The molecule has 90 valence electrons. The van der Waals surface area contributed by atoms with Crippen molar-refractivity contribution in [1.82, 2.24) is 0 Å². The SMILES string of the molecule is CCOc1cccc(NC(C)C(C)(C)O)c1. The molecule has 1 aromatic rings. The van der Waals surface area contributed by atoms with Gasteiger partial charge in [0.1, 0.15) is 5.75 Å². The second kappa shape index (κ2) is 5.21. The Morgan fingerprint density at radius 3 is 2.69 bits per heavy atom. The molecule has 0 aliphatic carbocycles. The van der Waals surface area contributed by atoms with E-state index in [1.807, 2.05) is 38.1 Å². The second-order valence-electron chi connectivity index (χ2n) is 4.48. The highest BCUT2D eigenvalue weighted by molar-refractivity contribution is 5.49. The van der Waals surface area contributed by atoms with Gasteiger partial charge in [-0.1, -0.05) is 6.07 Å². The highest BCUT2D eigenvalue weighted by Gasteiger charge is 2.21. The van der Waals surface area contributed by atoms with Crippen molar-refractivity contribution in [3.63, 3.8) is 0 Å². The molecular weight excluding hydrogens is 202 g/mol. The zero-order valence-electron chi connectivity index (χ0n) is 10.4. The normalized spacial score (nSPS) is 13.3. The molecule has 3 heteroatoms. The maximum atomic E-state index is 9.83. The molecule has 0 saturated heterocycles. The first-order chi connectivity index (χ1) is 7.43. The lowest BCUT2D eigenvalue weighted by Gasteiger charge is -2.27. The van der Waals surface area contributed by atoms with Gasteiger partial charge in [0.05, 0.1) is 18.2 Å². The van der Waals surface area contributed by atoms with Crippen molar-refractivity contribution in [2.75, 3.05) is 11.9 Å². The Balaban J connectivity index is 2.70. The Morgan fingerprint density at radius 1 is 1.44 bits per heavy atom. The molecular formula is C13H21NO2. The second-order valence-corrected chi connectivity index (χ2v) is 4.48. The minimum Gasteiger partial charge on any atom is -0.494 e. The zero-order valence-corrected chi connectivity index (χ0v) is 10.4. The van der Waals surface area contributed by atoms with Crippen LogP contribution in [0, 0.1) is 0 Å². The summed E-state index contributed by atoms with van der Waals surface area (Å²) in [4.78, 5) is 0. The van der Waals surface area contributed by atoms with E-state index in [0.717, 1.165) is 11.4 Å². The quantitative estimate of drug-likeness (QED) is 0.806. The largest absolute Gasteiger partial charge is 0.494 e. The Hall–Kier alpha value is -1.22. The van der Waals surface area contributed by atoms with Crippen molar-refractivity contribution in [2.24, 2.45) is 0 Å². The molecule has 0 radical (unpaired) electrons. The molecule has 0 heterocycles. The summed E-state index contributed by atoms with van der Waals surface area (Å²) in [6.45, 7) is 8.14. The van der Waals surface area contributed by atoms with E-state index in [4.69, 9.17) is 4.74 Å². The summed E-state index contributed by atoms with van der Waals surface area (Å²) in [7, 11) is 0. The van der Waals surface area contributed by atoms with E-state index >= 15 is 0 Å². The van der Waals surface area contributed by atoms with Crippen LogP contribution in [0.4, 0.5) is 5.69 Å².